The monoisotopic (exact) mass is 685 g/mol. The first kappa shape index (κ1) is 44.1. The first-order chi connectivity index (χ1) is 23.0. The summed E-state index contributed by atoms with van der Waals surface area (Å²) in [5, 5.41) is 14.8. The Kier molecular flexibility index (Phi) is 33.8. The molecule has 1 aromatic rings. The Labute approximate surface area is 293 Å². The van der Waals surface area contributed by atoms with Gasteiger partial charge in [-0.2, -0.15) is 0 Å². The maximum Gasteiger partial charge on any atom is 0.252 e. The third kappa shape index (κ3) is 34.3. The molecule has 0 bridgehead atoms. The lowest BCUT2D eigenvalue weighted by atomic mass is 10.2. The summed E-state index contributed by atoms with van der Waals surface area (Å²) in [5.41, 5.74) is 0.540. The molecule has 0 aliphatic heterocycles. The van der Waals surface area contributed by atoms with E-state index in [0.717, 1.165) is 57.2 Å². The Hall–Kier alpha value is -2.85. The fourth-order valence-corrected chi connectivity index (χ4v) is 5.37. The van der Waals surface area contributed by atoms with E-state index in [1.807, 2.05) is 21.6 Å². The summed E-state index contributed by atoms with van der Waals surface area (Å²) in [4.78, 5) is 27.1. The molecule has 7 nitrogen and oxygen atoms in total. The molecule has 3 N–H and O–H groups in total. The third-order valence-electron chi connectivity index (χ3n) is 5.81. The topological polar surface area (TPSA) is 101 Å². The van der Waals surface area contributed by atoms with E-state index in [0.29, 0.717) is 43.4 Å². The van der Waals surface area contributed by atoms with Gasteiger partial charge in [-0.3, -0.25) is 14.6 Å². The number of carbonyl (C=O) groups is 2. The van der Waals surface area contributed by atoms with Crippen molar-refractivity contribution in [2.24, 2.45) is 0 Å². The average Bonchev–Trinajstić information content (AvgIpc) is 3.07. The van der Waals surface area contributed by atoms with Crippen LogP contribution < -0.4 is 10.6 Å². The summed E-state index contributed by atoms with van der Waals surface area (Å²) in [6.45, 7) is 8.83. The smallest absolute Gasteiger partial charge is 0.252 e. The number of amides is 2. The molecule has 0 fully saturated rings. The van der Waals surface area contributed by atoms with Gasteiger partial charge in [0.15, 0.2) is 0 Å². The zero-order valence-corrected chi connectivity index (χ0v) is 30.5. The predicted octanol–water partition coefficient (Wildman–Crippen LogP) is 8.58. The summed E-state index contributed by atoms with van der Waals surface area (Å²) in [5.74, 6) is 0.961. The second-order valence-electron chi connectivity index (χ2n) is 10.5. The van der Waals surface area contributed by atoms with E-state index in [-0.39, 0.29) is 18.4 Å². The normalized spacial score (nSPS) is 11.9. The lowest BCUT2D eigenvalue weighted by Crippen LogP contribution is -2.27. The molecule has 0 radical (unpaired) electrons. The minimum absolute atomic E-state index is 0.127. The van der Waals surface area contributed by atoms with Crippen molar-refractivity contribution in [1.82, 2.24) is 15.6 Å². The van der Waals surface area contributed by atoms with Crippen LogP contribution in [0.15, 0.2) is 97.4 Å². The number of aliphatic hydroxyl groups excluding tert-OH is 1. The van der Waals surface area contributed by atoms with Gasteiger partial charge in [0.05, 0.1) is 12.2 Å². The van der Waals surface area contributed by atoms with E-state index in [4.69, 9.17) is 9.84 Å². The van der Waals surface area contributed by atoms with Crippen LogP contribution in [0.3, 0.4) is 0 Å². The first-order valence-corrected chi connectivity index (χ1v) is 19.2. The molecule has 0 saturated heterocycles. The van der Waals surface area contributed by atoms with Gasteiger partial charge in [0.2, 0.25) is 5.91 Å². The molecule has 47 heavy (non-hydrogen) atoms. The highest BCUT2D eigenvalue weighted by atomic mass is 33.1. The molecule has 1 rings (SSSR count). The number of rotatable bonds is 26. The van der Waals surface area contributed by atoms with Gasteiger partial charge in [0, 0.05) is 56.1 Å². The fraction of sp³-hybridized carbons (Fsp3) is 0.500. The van der Waals surface area contributed by atoms with Crippen molar-refractivity contribution in [2.75, 3.05) is 38.7 Å². The predicted molar refractivity (Wildman–Crippen MR) is 205 cm³/mol. The molecular weight excluding hydrogens is 627 g/mol. The Bertz CT molecular complexity index is 1050. The molecule has 0 aliphatic carbocycles. The highest BCUT2D eigenvalue weighted by molar-refractivity contribution is 8.76. The highest BCUT2D eigenvalue weighted by Gasteiger charge is 2.03. The molecule has 2 amide bonds. The number of allylic oxidation sites excluding steroid dienone is 12. The molecule has 1 heterocycles. The van der Waals surface area contributed by atoms with Gasteiger partial charge >= 0.3 is 0 Å². The quantitative estimate of drug-likeness (QED) is 0.0510. The zero-order chi connectivity index (χ0) is 34.5. The van der Waals surface area contributed by atoms with Gasteiger partial charge in [-0.15, -0.1) is 0 Å². The maximum absolute atomic E-state index is 11.7. The molecule has 0 atom stereocenters. The van der Waals surface area contributed by atoms with Crippen LogP contribution in [0.25, 0.3) is 0 Å². The second kappa shape index (κ2) is 36.0. The van der Waals surface area contributed by atoms with Gasteiger partial charge in [-0.05, 0) is 63.5 Å². The number of carbonyl (C=O) groups excluding carboxylic acids is 2. The average molecular weight is 686 g/mol. The summed E-state index contributed by atoms with van der Waals surface area (Å²) in [7, 11) is 3.68. The SMILES string of the molecule is CC/C=C\C/C=C\C/C=C\C/C=C\C/C=C\C/C=C\CCC(=O)NCCSSC(C)C.O=C(NCCOCCCO)c1cccnc1. The number of nitrogens with zero attached hydrogens (tertiary/aromatic N) is 1. The largest absolute Gasteiger partial charge is 0.396 e. The minimum atomic E-state index is -0.154. The van der Waals surface area contributed by atoms with Crippen LogP contribution in [0.1, 0.15) is 88.9 Å². The van der Waals surface area contributed by atoms with Crippen LogP contribution in [0.5, 0.6) is 0 Å². The van der Waals surface area contributed by atoms with Crippen molar-refractivity contribution in [3.05, 3.63) is 103 Å². The second-order valence-corrected chi connectivity index (χ2v) is 13.5. The fourth-order valence-electron chi connectivity index (χ4n) is 3.46. The van der Waals surface area contributed by atoms with E-state index in [9.17, 15) is 9.59 Å². The number of nitrogens with one attached hydrogen (secondary N) is 2. The molecule has 0 aromatic carbocycles. The summed E-state index contributed by atoms with van der Waals surface area (Å²) >= 11 is 0. The molecule has 262 valence electrons. The molecule has 0 unspecified atom stereocenters. The van der Waals surface area contributed by atoms with E-state index in [1.54, 1.807) is 18.3 Å². The lowest BCUT2D eigenvalue weighted by molar-refractivity contribution is -0.120. The van der Waals surface area contributed by atoms with E-state index in [1.165, 1.54) is 6.20 Å². The van der Waals surface area contributed by atoms with Crippen molar-refractivity contribution < 1.29 is 19.4 Å². The number of hydrogen-bond acceptors (Lipinski definition) is 7. The van der Waals surface area contributed by atoms with Gasteiger partial charge in [-0.25, -0.2) is 0 Å². The Morgan fingerprint density at radius 1 is 0.851 bits per heavy atom. The molecule has 0 aliphatic rings. The molecule has 1 aromatic heterocycles. The third-order valence-corrected chi connectivity index (χ3v) is 8.76. The van der Waals surface area contributed by atoms with Crippen LogP contribution in [0, 0.1) is 0 Å². The van der Waals surface area contributed by atoms with E-state index >= 15 is 0 Å². The minimum Gasteiger partial charge on any atom is -0.396 e. The molecule has 0 spiro atoms. The number of pyridine rings is 1. The summed E-state index contributed by atoms with van der Waals surface area (Å²) in [6.07, 6.45) is 37.5. The maximum atomic E-state index is 11.7. The Balaban J connectivity index is 0.00000110. The van der Waals surface area contributed by atoms with Gasteiger partial charge in [0.1, 0.15) is 0 Å². The van der Waals surface area contributed by atoms with Crippen molar-refractivity contribution >= 4 is 33.4 Å². The zero-order valence-electron chi connectivity index (χ0n) is 28.9. The molecule has 0 saturated carbocycles. The lowest BCUT2D eigenvalue weighted by Gasteiger charge is -2.05. The van der Waals surface area contributed by atoms with Gasteiger partial charge < -0.3 is 20.5 Å². The Morgan fingerprint density at radius 3 is 1.98 bits per heavy atom. The number of aromatic nitrogens is 1. The van der Waals surface area contributed by atoms with Crippen LogP contribution >= 0.6 is 21.6 Å². The summed E-state index contributed by atoms with van der Waals surface area (Å²) in [6, 6.07) is 3.42. The van der Waals surface area contributed by atoms with E-state index < -0.39 is 0 Å². The molecule has 9 heteroatoms. The van der Waals surface area contributed by atoms with Crippen molar-refractivity contribution in [3.8, 4) is 0 Å². The van der Waals surface area contributed by atoms with Crippen LogP contribution in [0.4, 0.5) is 0 Å². The van der Waals surface area contributed by atoms with Crippen molar-refractivity contribution in [2.45, 2.75) is 83.8 Å². The van der Waals surface area contributed by atoms with E-state index in [2.05, 4.69) is 109 Å². The standard InChI is InChI=1S/C27H43NOS2.C11H16N2O3/c1-4-5-6-7-8-9-10-11-12-13-14-15-16-17-18-19-20-21-22-23-27(29)28-24-25-30-31-26(2)3;14-6-2-7-16-8-5-13-11(15)10-3-1-4-12-9-10/h5-6,8-9,11-12,14-15,17-18,20-21,26H,4,7,10,13,16,19,22-25H2,1-3H3,(H,28,29);1,3-4,9,14H,2,5-8H2,(H,13,15)/b6-5-,9-8-,12-11-,15-14-,18-17-,21-20-;. The molecular formula is C38H59N3O4S2. The van der Waals surface area contributed by atoms with Crippen molar-refractivity contribution in [1.29, 1.82) is 0 Å². The van der Waals surface area contributed by atoms with Crippen LogP contribution in [0.2, 0.25) is 0 Å². The van der Waals surface area contributed by atoms with Crippen molar-refractivity contribution in [3.63, 3.8) is 0 Å². The highest BCUT2D eigenvalue weighted by Crippen LogP contribution is 2.25. The number of aliphatic hydroxyl groups is 1. The van der Waals surface area contributed by atoms with Crippen LogP contribution in [-0.2, 0) is 9.53 Å². The number of ether oxygens (including phenoxy) is 1. The van der Waals surface area contributed by atoms with Gasteiger partial charge in [-0.1, -0.05) is 115 Å². The van der Waals surface area contributed by atoms with Gasteiger partial charge in [0.25, 0.3) is 5.91 Å². The first-order valence-electron chi connectivity index (χ1n) is 16.8. The van der Waals surface area contributed by atoms with Crippen LogP contribution in [-0.4, -0.2) is 65.8 Å². The number of hydrogen-bond donors (Lipinski definition) is 3. The Morgan fingerprint density at radius 2 is 1.45 bits per heavy atom. The summed E-state index contributed by atoms with van der Waals surface area (Å²) < 4.78 is 5.17.